The molecule has 0 saturated carbocycles. The van der Waals surface area contributed by atoms with Gasteiger partial charge in [0, 0.05) is 6.20 Å². The van der Waals surface area contributed by atoms with Crippen molar-refractivity contribution in [2.24, 2.45) is 0 Å². The third kappa shape index (κ3) is 2.26. The second-order valence-electron chi connectivity index (χ2n) is 4.94. The van der Waals surface area contributed by atoms with Crippen LogP contribution in [0.4, 0.5) is 5.69 Å². The average Bonchev–Trinajstić information content (AvgIpc) is 2.80. The monoisotopic (exact) mass is 264 g/mol. The first-order valence-electron chi connectivity index (χ1n) is 6.50. The number of aromatic nitrogens is 1. The first-order valence-corrected chi connectivity index (χ1v) is 6.50. The fourth-order valence-electron chi connectivity index (χ4n) is 2.45. The lowest BCUT2D eigenvalue weighted by Gasteiger charge is -2.08. The Hall–Kier alpha value is -2.32. The van der Waals surface area contributed by atoms with Crippen LogP contribution in [0.5, 0.6) is 11.6 Å². The summed E-state index contributed by atoms with van der Waals surface area (Å²) in [5, 5.41) is 9.77. The van der Waals surface area contributed by atoms with Crippen LogP contribution in [0.2, 0.25) is 6.32 Å². The number of hydrogen-bond acceptors (Lipinski definition) is 3. The molecule has 1 aliphatic heterocycles. The standard InChI is InChI=1S/C15H13BN2O2/c1-10-7-15(18-9-14(10)17-2)20-12-3-4-13-11(8-12)5-6-16(13)19/h3-4,7-9,19H,5-6H2,1H3. The molecule has 1 aromatic carbocycles. The number of benzene rings is 1. The van der Waals surface area contributed by atoms with Gasteiger partial charge in [-0.2, -0.15) is 0 Å². The molecule has 0 radical (unpaired) electrons. The Morgan fingerprint density at radius 1 is 1.40 bits per heavy atom. The van der Waals surface area contributed by atoms with Crippen LogP contribution in [0.25, 0.3) is 4.85 Å². The van der Waals surface area contributed by atoms with E-state index in [1.54, 1.807) is 6.07 Å². The van der Waals surface area contributed by atoms with Crippen molar-refractivity contribution in [2.45, 2.75) is 19.7 Å². The number of nitrogens with zero attached hydrogens (tertiary/aromatic N) is 2. The maximum atomic E-state index is 9.77. The van der Waals surface area contributed by atoms with Gasteiger partial charge >= 0.3 is 6.92 Å². The third-order valence-corrected chi connectivity index (χ3v) is 3.56. The van der Waals surface area contributed by atoms with Crippen molar-refractivity contribution >= 4 is 18.1 Å². The normalized spacial score (nSPS) is 12.9. The molecule has 2 aromatic rings. The molecule has 0 atom stereocenters. The number of ether oxygens (including phenoxy) is 1. The van der Waals surface area contributed by atoms with Gasteiger partial charge in [-0.25, -0.2) is 9.83 Å². The maximum Gasteiger partial charge on any atom is 0.324 e. The SMILES string of the molecule is [C-]#[N+]c1cnc(Oc2ccc3c(c2)CCB3O)cc1C. The predicted octanol–water partition coefficient (Wildman–Crippen LogP) is 2.48. The minimum atomic E-state index is -0.350. The van der Waals surface area contributed by atoms with Gasteiger partial charge in [-0.05, 0) is 54.5 Å². The molecule has 2 heterocycles. The molecule has 98 valence electrons. The first kappa shape index (κ1) is 12.7. The molecular weight excluding hydrogens is 251 g/mol. The summed E-state index contributed by atoms with van der Waals surface area (Å²) < 4.78 is 5.72. The van der Waals surface area contributed by atoms with E-state index in [0.29, 0.717) is 17.3 Å². The minimum Gasteiger partial charge on any atom is -0.446 e. The molecule has 3 rings (SSSR count). The van der Waals surface area contributed by atoms with Crippen LogP contribution in [-0.4, -0.2) is 16.9 Å². The molecule has 1 aromatic heterocycles. The molecule has 0 aliphatic carbocycles. The van der Waals surface area contributed by atoms with Crippen LogP contribution < -0.4 is 10.2 Å². The summed E-state index contributed by atoms with van der Waals surface area (Å²) in [6.07, 6.45) is 3.17. The molecule has 5 heteroatoms. The second kappa shape index (κ2) is 4.99. The second-order valence-corrected chi connectivity index (χ2v) is 4.94. The zero-order valence-electron chi connectivity index (χ0n) is 11.1. The van der Waals surface area contributed by atoms with Gasteiger partial charge in [0.15, 0.2) is 0 Å². The van der Waals surface area contributed by atoms with Crippen LogP contribution in [-0.2, 0) is 6.42 Å². The van der Waals surface area contributed by atoms with Crippen molar-refractivity contribution < 1.29 is 9.76 Å². The highest BCUT2D eigenvalue weighted by Crippen LogP contribution is 2.26. The van der Waals surface area contributed by atoms with Gasteiger partial charge in [0.25, 0.3) is 0 Å². The topological polar surface area (TPSA) is 46.7 Å². The number of aryl methyl sites for hydroxylation is 2. The zero-order chi connectivity index (χ0) is 14.1. The van der Waals surface area contributed by atoms with E-state index in [9.17, 15) is 5.02 Å². The molecular formula is C15H13BN2O2. The number of rotatable bonds is 2. The Labute approximate surface area is 118 Å². The number of hydrogen-bond donors (Lipinski definition) is 1. The number of fused-ring (bicyclic) bond motifs is 1. The van der Waals surface area contributed by atoms with Crippen LogP contribution in [0.1, 0.15) is 11.1 Å². The fourth-order valence-corrected chi connectivity index (χ4v) is 2.45. The van der Waals surface area contributed by atoms with Crippen molar-refractivity contribution in [3.8, 4) is 11.6 Å². The van der Waals surface area contributed by atoms with Crippen LogP contribution >= 0.6 is 0 Å². The summed E-state index contributed by atoms with van der Waals surface area (Å²) in [5.41, 5.74) is 3.50. The van der Waals surface area contributed by atoms with Crippen molar-refractivity contribution in [3.63, 3.8) is 0 Å². The Kier molecular flexibility index (Phi) is 3.17. The highest BCUT2D eigenvalue weighted by Gasteiger charge is 2.24. The van der Waals surface area contributed by atoms with Gasteiger partial charge in [-0.3, -0.25) is 0 Å². The fraction of sp³-hybridized carbons (Fsp3) is 0.200. The lowest BCUT2D eigenvalue weighted by Crippen LogP contribution is -2.25. The van der Waals surface area contributed by atoms with E-state index in [4.69, 9.17) is 11.3 Å². The molecule has 0 saturated heterocycles. The van der Waals surface area contributed by atoms with E-state index in [2.05, 4.69) is 9.83 Å². The van der Waals surface area contributed by atoms with E-state index >= 15 is 0 Å². The molecule has 1 N–H and O–H groups in total. The molecule has 20 heavy (non-hydrogen) atoms. The predicted molar refractivity (Wildman–Crippen MR) is 77.9 cm³/mol. The first-order chi connectivity index (χ1) is 9.67. The molecule has 0 unspecified atom stereocenters. The summed E-state index contributed by atoms with van der Waals surface area (Å²) in [6, 6.07) is 7.46. The summed E-state index contributed by atoms with van der Waals surface area (Å²) in [7, 11) is 0. The highest BCUT2D eigenvalue weighted by molar-refractivity contribution is 6.68. The maximum absolute atomic E-state index is 9.77. The molecule has 0 spiro atoms. The van der Waals surface area contributed by atoms with Gasteiger partial charge in [0.2, 0.25) is 11.6 Å². The average molecular weight is 264 g/mol. The van der Waals surface area contributed by atoms with E-state index in [0.717, 1.165) is 29.3 Å². The Morgan fingerprint density at radius 3 is 3.00 bits per heavy atom. The molecule has 1 aliphatic rings. The van der Waals surface area contributed by atoms with Gasteiger partial charge in [0.05, 0.1) is 6.57 Å². The van der Waals surface area contributed by atoms with Crippen LogP contribution in [0.3, 0.4) is 0 Å². The van der Waals surface area contributed by atoms with Crippen molar-refractivity contribution in [1.29, 1.82) is 0 Å². The van der Waals surface area contributed by atoms with Crippen molar-refractivity contribution in [3.05, 3.63) is 53.0 Å². The summed E-state index contributed by atoms with van der Waals surface area (Å²) in [4.78, 5) is 7.51. The zero-order valence-corrected chi connectivity index (χ0v) is 11.1. The van der Waals surface area contributed by atoms with Crippen molar-refractivity contribution in [1.82, 2.24) is 4.98 Å². The molecule has 0 fully saturated rings. The quantitative estimate of drug-likeness (QED) is 0.669. The van der Waals surface area contributed by atoms with Gasteiger partial charge < -0.3 is 9.76 Å². The van der Waals surface area contributed by atoms with Crippen molar-refractivity contribution in [2.75, 3.05) is 0 Å². The van der Waals surface area contributed by atoms with E-state index in [1.165, 1.54) is 6.20 Å². The van der Waals surface area contributed by atoms with E-state index < -0.39 is 0 Å². The largest absolute Gasteiger partial charge is 0.446 e. The Morgan fingerprint density at radius 2 is 2.25 bits per heavy atom. The summed E-state index contributed by atoms with van der Waals surface area (Å²) in [6.45, 7) is 8.51. The van der Waals surface area contributed by atoms with Crippen LogP contribution in [0.15, 0.2) is 30.5 Å². The molecule has 0 amide bonds. The Balaban J connectivity index is 1.85. The Bertz CT molecular complexity index is 710. The third-order valence-electron chi connectivity index (χ3n) is 3.56. The van der Waals surface area contributed by atoms with Crippen LogP contribution in [0, 0.1) is 13.5 Å². The minimum absolute atomic E-state index is 0.350. The van der Waals surface area contributed by atoms with Gasteiger partial charge in [0.1, 0.15) is 5.75 Å². The lowest BCUT2D eigenvalue weighted by atomic mass is 9.63. The summed E-state index contributed by atoms with van der Waals surface area (Å²) >= 11 is 0. The van der Waals surface area contributed by atoms with Gasteiger partial charge in [-0.1, -0.05) is 6.07 Å². The lowest BCUT2D eigenvalue weighted by molar-refractivity contribution is 0.462. The number of pyridine rings is 1. The molecule has 0 bridgehead atoms. The van der Waals surface area contributed by atoms with E-state index in [-0.39, 0.29) is 6.92 Å². The highest BCUT2D eigenvalue weighted by atomic mass is 16.5. The summed E-state index contributed by atoms with van der Waals surface area (Å²) in [5.74, 6) is 1.19. The molecule has 4 nitrogen and oxygen atoms in total. The smallest absolute Gasteiger partial charge is 0.324 e. The van der Waals surface area contributed by atoms with E-state index in [1.807, 2.05) is 25.1 Å². The van der Waals surface area contributed by atoms with Gasteiger partial charge in [-0.15, -0.1) is 0 Å².